The molecular formula is C19H30N2O4. The number of rotatable bonds is 8. The molecule has 1 amide bonds. The highest BCUT2D eigenvalue weighted by Gasteiger charge is 2.23. The summed E-state index contributed by atoms with van der Waals surface area (Å²) in [6.07, 6.45) is 1.04. The van der Waals surface area contributed by atoms with Crippen LogP contribution in [0.1, 0.15) is 30.6 Å². The summed E-state index contributed by atoms with van der Waals surface area (Å²) in [4.78, 5) is 15.1. The van der Waals surface area contributed by atoms with Gasteiger partial charge in [-0.1, -0.05) is 13.8 Å². The van der Waals surface area contributed by atoms with Gasteiger partial charge in [0.05, 0.1) is 33.0 Å². The number of hydrogen-bond acceptors (Lipinski definition) is 5. The zero-order valence-corrected chi connectivity index (χ0v) is 15.7. The average molecular weight is 350 g/mol. The van der Waals surface area contributed by atoms with Crippen LogP contribution in [0.4, 0.5) is 0 Å². The average Bonchev–Trinajstić information content (AvgIpc) is 2.64. The Hall–Kier alpha value is -1.79. The molecule has 1 heterocycles. The monoisotopic (exact) mass is 350 g/mol. The van der Waals surface area contributed by atoms with E-state index in [0.717, 1.165) is 32.7 Å². The summed E-state index contributed by atoms with van der Waals surface area (Å²) >= 11 is 0. The van der Waals surface area contributed by atoms with Crippen molar-refractivity contribution in [3.63, 3.8) is 0 Å². The van der Waals surface area contributed by atoms with Gasteiger partial charge in [0.25, 0.3) is 5.91 Å². The number of morpholine rings is 1. The summed E-state index contributed by atoms with van der Waals surface area (Å²) in [5.74, 6) is 1.61. The molecule has 0 spiro atoms. The standard InChI is InChI=1S/C19H30N2O4/c1-14(2)11-15(21-7-9-25-10-8-21)13-20-19(22)17-12-16(23-3)5-6-18(17)24-4/h5-6,12,14-15H,7-11,13H2,1-4H3,(H,20,22). The van der Waals surface area contributed by atoms with Crippen LogP contribution in [0.25, 0.3) is 0 Å². The van der Waals surface area contributed by atoms with Gasteiger partial charge in [0.1, 0.15) is 11.5 Å². The van der Waals surface area contributed by atoms with Gasteiger partial charge in [0.2, 0.25) is 0 Å². The second-order valence-electron chi connectivity index (χ2n) is 6.71. The molecule has 1 N–H and O–H groups in total. The molecule has 1 saturated heterocycles. The zero-order valence-electron chi connectivity index (χ0n) is 15.7. The van der Waals surface area contributed by atoms with E-state index in [4.69, 9.17) is 14.2 Å². The van der Waals surface area contributed by atoms with E-state index in [-0.39, 0.29) is 5.91 Å². The van der Waals surface area contributed by atoms with Crippen molar-refractivity contribution < 1.29 is 19.0 Å². The summed E-state index contributed by atoms with van der Waals surface area (Å²) < 4.78 is 16.0. The van der Waals surface area contributed by atoms with E-state index in [0.29, 0.717) is 35.6 Å². The minimum atomic E-state index is -0.141. The fraction of sp³-hybridized carbons (Fsp3) is 0.632. The number of hydrogen-bond donors (Lipinski definition) is 1. The molecule has 6 heteroatoms. The highest BCUT2D eigenvalue weighted by Crippen LogP contribution is 2.24. The molecule has 1 fully saturated rings. The minimum Gasteiger partial charge on any atom is -0.497 e. The number of methoxy groups -OCH3 is 2. The largest absolute Gasteiger partial charge is 0.497 e. The molecule has 1 unspecified atom stereocenters. The molecule has 0 radical (unpaired) electrons. The van der Waals surface area contributed by atoms with Crippen LogP contribution in [-0.2, 0) is 4.74 Å². The predicted octanol–water partition coefficient (Wildman–Crippen LogP) is 2.18. The molecule has 6 nitrogen and oxygen atoms in total. The zero-order chi connectivity index (χ0) is 18.2. The Morgan fingerprint density at radius 1 is 1.24 bits per heavy atom. The Labute approximate surface area is 150 Å². The Morgan fingerprint density at radius 3 is 2.56 bits per heavy atom. The Kier molecular flexibility index (Phi) is 7.52. The third-order valence-electron chi connectivity index (χ3n) is 4.46. The van der Waals surface area contributed by atoms with Crippen LogP contribution < -0.4 is 14.8 Å². The van der Waals surface area contributed by atoms with E-state index in [9.17, 15) is 4.79 Å². The molecular weight excluding hydrogens is 320 g/mol. The van der Waals surface area contributed by atoms with Crippen LogP contribution in [0, 0.1) is 5.92 Å². The maximum atomic E-state index is 12.7. The molecule has 1 atom stereocenters. The van der Waals surface area contributed by atoms with Crippen LogP contribution in [0.5, 0.6) is 11.5 Å². The number of amides is 1. The van der Waals surface area contributed by atoms with E-state index in [2.05, 4.69) is 24.1 Å². The van der Waals surface area contributed by atoms with Crippen LogP contribution in [0.15, 0.2) is 18.2 Å². The minimum absolute atomic E-state index is 0.141. The molecule has 1 aromatic rings. The second kappa shape index (κ2) is 9.63. The van der Waals surface area contributed by atoms with Gasteiger partial charge in [-0.25, -0.2) is 0 Å². The predicted molar refractivity (Wildman–Crippen MR) is 97.5 cm³/mol. The van der Waals surface area contributed by atoms with Crippen LogP contribution in [0.3, 0.4) is 0 Å². The van der Waals surface area contributed by atoms with Crippen molar-refractivity contribution in [2.45, 2.75) is 26.3 Å². The Balaban J connectivity index is 2.04. The highest BCUT2D eigenvalue weighted by molar-refractivity contribution is 5.97. The molecule has 0 aliphatic carbocycles. The van der Waals surface area contributed by atoms with Crippen molar-refractivity contribution in [3.05, 3.63) is 23.8 Å². The molecule has 1 aliphatic heterocycles. The van der Waals surface area contributed by atoms with Crippen LogP contribution in [0.2, 0.25) is 0 Å². The summed E-state index contributed by atoms with van der Waals surface area (Å²) in [6.45, 7) is 8.36. The smallest absolute Gasteiger partial charge is 0.255 e. The lowest BCUT2D eigenvalue weighted by Gasteiger charge is -2.35. The van der Waals surface area contributed by atoms with Crippen molar-refractivity contribution in [1.29, 1.82) is 0 Å². The van der Waals surface area contributed by atoms with Crippen LogP contribution >= 0.6 is 0 Å². The second-order valence-corrected chi connectivity index (χ2v) is 6.71. The quantitative estimate of drug-likeness (QED) is 0.779. The van der Waals surface area contributed by atoms with Gasteiger partial charge in [-0.15, -0.1) is 0 Å². The van der Waals surface area contributed by atoms with Crippen LogP contribution in [-0.4, -0.2) is 63.9 Å². The summed E-state index contributed by atoms with van der Waals surface area (Å²) in [5.41, 5.74) is 0.493. The number of nitrogens with zero attached hydrogens (tertiary/aromatic N) is 1. The molecule has 2 rings (SSSR count). The molecule has 0 saturated carbocycles. The van der Waals surface area contributed by atoms with E-state index >= 15 is 0 Å². The first kappa shape index (κ1) is 19.5. The van der Waals surface area contributed by atoms with E-state index in [1.165, 1.54) is 0 Å². The third kappa shape index (κ3) is 5.61. The number of carbonyl (C=O) groups is 1. The molecule has 140 valence electrons. The first-order valence-electron chi connectivity index (χ1n) is 8.87. The Bertz CT molecular complexity index is 556. The first-order valence-corrected chi connectivity index (χ1v) is 8.87. The molecule has 1 aromatic carbocycles. The number of benzene rings is 1. The fourth-order valence-electron chi connectivity index (χ4n) is 3.15. The Morgan fingerprint density at radius 2 is 1.96 bits per heavy atom. The van der Waals surface area contributed by atoms with Gasteiger partial charge >= 0.3 is 0 Å². The number of nitrogens with one attached hydrogen (secondary N) is 1. The van der Waals surface area contributed by atoms with Crippen molar-refractivity contribution >= 4 is 5.91 Å². The van der Waals surface area contributed by atoms with Gasteiger partial charge in [0.15, 0.2) is 0 Å². The van der Waals surface area contributed by atoms with Gasteiger partial charge in [0, 0.05) is 25.7 Å². The maximum Gasteiger partial charge on any atom is 0.255 e. The normalized spacial score (nSPS) is 16.5. The lowest BCUT2D eigenvalue weighted by atomic mass is 10.0. The topological polar surface area (TPSA) is 60.0 Å². The van der Waals surface area contributed by atoms with Gasteiger partial charge in [-0.3, -0.25) is 9.69 Å². The van der Waals surface area contributed by atoms with Gasteiger partial charge in [-0.05, 0) is 30.5 Å². The molecule has 0 aromatic heterocycles. The molecule has 25 heavy (non-hydrogen) atoms. The van der Waals surface area contributed by atoms with E-state index in [1.54, 1.807) is 32.4 Å². The fourth-order valence-corrected chi connectivity index (χ4v) is 3.15. The van der Waals surface area contributed by atoms with E-state index in [1.807, 2.05) is 0 Å². The summed E-state index contributed by atoms with van der Waals surface area (Å²) in [6, 6.07) is 5.55. The maximum absolute atomic E-state index is 12.7. The lowest BCUT2D eigenvalue weighted by molar-refractivity contribution is 0.0124. The number of ether oxygens (including phenoxy) is 3. The third-order valence-corrected chi connectivity index (χ3v) is 4.46. The highest BCUT2D eigenvalue weighted by atomic mass is 16.5. The van der Waals surface area contributed by atoms with Crippen molar-refractivity contribution in [1.82, 2.24) is 10.2 Å². The van der Waals surface area contributed by atoms with Crippen molar-refractivity contribution in [2.24, 2.45) is 5.92 Å². The first-order chi connectivity index (χ1) is 12.0. The van der Waals surface area contributed by atoms with Gasteiger partial charge in [-0.2, -0.15) is 0 Å². The summed E-state index contributed by atoms with van der Waals surface area (Å²) in [7, 11) is 3.15. The van der Waals surface area contributed by atoms with Gasteiger partial charge < -0.3 is 19.5 Å². The lowest BCUT2D eigenvalue weighted by Crippen LogP contribution is -2.49. The van der Waals surface area contributed by atoms with E-state index < -0.39 is 0 Å². The van der Waals surface area contributed by atoms with Crippen molar-refractivity contribution in [2.75, 3.05) is 47.1 Å². The molecule has 0 bridgehead atoms. The van der Waals surface area contributed by atoms with Crippen molar-refractivity contribution in [3.8, 4) is 11.5 Å². The number of carbonyl (C=O) groups excluding carboxylic acids is 1. The summed E-state index contributed by atoms with van der Waals surface area (Å²) in [5, 5.41) is 3.07. The SMILES string of the molecule is COc1ccc(OC)c(C(=O)NCC(CC(C)C)N2CCOCC2)c1. The molecule has 1 aliphatic rings.